The summed E-state index contributed by atoms with van der Waals surface area (Å²) >= 11 is 0. The molecule has 0 N–H and O–H groups in total. The molecule has 0 aromatic rings. The Morgan fingerprint density at radius 3 is 1.00 bits per heavy atom. The van der Waals surface area contributed by atoms with E-state index in [-0.39, 0.29) is 164 Å². The maximum absolute atomic E-state index is 0. The van der Waals surface area contributed by atoms with Crippen LogP contribution in [0, 0.1) is 122 Å². The van der Waals surface area contributed by atoms with Gasteiger partial charge in [-0.15, -0.1) is 0 Å². The Morgan fingerprint density at radius 1 is 1.00 bits per heavy atom. The van der Waals surface area contributed by atoms with Gasteiger partial charge in [0.1, 0.15) is 0 Å². The van der Waals surface area contributed by atoms with Gasteiger partial charge >= 0.3 is 0 Å². The molecular formula is BCoFeGdNdPr. The average Bonchev–Trinajstić information content (AvgIpc) is 0. The van der Waals surface area contributed by atoms with E-state index in [1.165, 1.54) is 0 Å². The molecule has 0 rings (SSSR count). The quantitative estimate of drug-likeness (QED) is 0.350. The predicted octanol–water partition coefficient (Wildman–Crippen LogP) is -0.386. The van der Waals surface area contributed by atoms with Gasteiger partial charge < -0.3 is 0 Å². The molecule has 6 heavy (non-hydrogen) atoms. The minimum atomic E-state index is 0. The van der Waals surface area contributed by atoms with E-state index in [1.54, 1.807) is 0 Å². The average molecular weight is 568 g/mol. The zero-order valence-corrected chi connectivity index (χ0v) is 14.0. The zero-order valence-electron chi connectivity index (χ0n) is 2.70. The summed E-state index contributed by atoms with van der Waals surface area (Å²) in [7, 11) is 0. The minimum Gasteiger partial charge on any atom is 0 e. The summed E-state index contributed by atoms with van der Waals surface area (Å²) in [6.07, 6.45) is 0. The molecule has 0 spiro atoms. The number of hydrogen-bond acceptors (Lipinski definition) is 0. The Hall–Kier alpha value is 5.13. The van der Waals surface area contributed by atoms with E-state index in [2.05, 4.69) is 0 Å². The van der Waals surface area contributed by atoms with Gasteiger partial charge in [-0.25, -0.2) is 0 Å². The van der Waals surface area contributed by atoms with E-state index in [9.17, 15) is 0 Å². The summed E-state index contributed by atoms with van der Waals surface area (Å²) in [5.74, 6) is 0. The van der Waals surface area contributed by atoms with Crippen LogP contribution in [0.2, 0.25) is 0 Å². The SMILES string of the molecule is [B].[Co].[Fe].[Gd].[Nd].[Pr]. The van der Waals surface area contributed by atoms with Crippen LogP contribution in [0.4, 0.5) is 0 Å². The van der Waals surface area contributed by atoms with Crippen LogP contribution in [-0.2, 0) is 33.8 Å². The molecule has 5 radical (unpaired) electrons. The van der Waals surface area contributed by atoms with Crippen molar-refractivity contribution in [3.63, 3.8) is 0 Å². The second kappa shape index (κ2) is 32.1. The molecule has 0 aliphatic heterocycles. The van der Waals surface area contributed by atoms with E-state index in [1.807, 2.05) is 0 Å². The van der Waals surface area contributed by atoms with E-state index in [4.69, 9.17) is 0 Å². The fraction of sp³-hybridized carbons (Fsp3) is 0. The van der Waals surface area contributed by atoms with Gasteiger partial charge in [0.05, 0.1) is 0 Å². The maximum Gasteiger partial charge on any atom is 0 e. The van der Waals surface area contributed by atoms with Crippen LogP contribution >= 0.6 is 0 Å². The predicted molar refractivity (Wildman–Crippen MR) is 5.75 cm³/mol. The molecule has 0 amide bonds. The van der Waals surface area contributed by atoms with Crippen molar-refractivity contribution in [2.75, 3.05) is 0 Å². The normalized spacial score (nSPS) is 0. The molecule has 0 fully saturated rings. The molecule has 0 aromatic heterocycles. The van der Waals surface area contributed by atoms with E-state index in [0.29, 0.717) is 0 Å². The second-order valence-corrected chi connectivity index (χ2v) is 0. The third-order valence-electron chi connectivity index (χ3n) is 0. The van der Waals surface area contributed by atoms with Gasteiger partial charge in [0.25, 0.3) is 0 Å². The minimum absolute atomic E-state index is 0. The van der Waals surface area contributed by atoms with Gasteiger partial charge in [0, 0.05) is 164 Å². The Bertz CT molecular complexity index is 15.5. The van der Waals surface area contributed by atoms with Crippen LogP contribution in [0.25, 0.3) is 0 Å². The molecular weight excluding hydrogens is 568 g/mol. The molecule has 6 heteroatoms. The third-order valence-corrected chi connectivity index (χ3v) is 0. The van der Waals surface area contributed by atoms with E-state index < -0.39 is 0 Å². The Labute approximate surface area is 159 Å². The number of hydrogen-bond donors (Lipinski definition) is 0. The Balaban J connectivity index is 0. The topological polar surface area (TPSA) is 0 Å². The van der Waals surface area contributed by atoms with Crippen molar-refractivity contribution in [2.45, 2.75) is 0 Å². The molecule has 0 nitrogen and oxygen atoms in total. The second-order valence-electron chi connectivity index (χ2n) is 0. The van der Waals surface area contributed by atoms with Crippen LogP contribution in [0.3, 0.4) is 0 Å². The van der Waals surface area contributed by atoms with Gasteiger partial charge in [0.15, 0.2) is 0 Å². The summed E-state index contributed by atoms with van der Waals surface area (Å²) in [5, 5.41) is 0. The molecule has 0 aromatic carbocycles. The van der Waals surface area contributed by atoms with Gasteiger partial charge in [-0.3, -0.25) is 0 Å². The van der Waals surface area contributed by atoms with Crippen molar-refractivity contribution < 1.29 is 156 Å². The number of rotatable bonds is 0. The first-order valence-corrected chi connectivity index (χ1v) is 0. The molecule has 0 saturated heterocycles. The monoisotopic (exact) mass is 567 g/mol. The third kappa shape index (κ3) is 22.9. The largest absolute Gasteiger partial charge is 0 e. The fourth-order valence-electron chi connectivity index (χ4n) is 0. The Kier molecular flexibility index (Phi) is 232. The van der Waals surface area contributed by atoms with Crippen molar-refractivity contribution >= 4 is 8.41 Å². The molecule has 35 valence electrons. The summed E-state index contributed by atoms with van der Waals surface area (Å²) in [4.78, 5) is 0. The summed E-state index contributed by atoms with van der Waals surface area (Å²) < 4.78 is 0. The summed E-state index contributed by atoms with van der Waals surface area (Å²) in [6, 6.07) is 0. The first-order valence-electron chi connectivity index (χ1n) is 0. The first kappa shape index (κ1) is 43.4. The van der Waals surface area contributed by atoms with E-state index in [0.717, 1.165) is 0 Å². The van der Waals surface area contributed by atoms with Crippen molar-refractivity contribution in [3.8, 4) is 0 Å². The van der Waals surface area contributed by atoms with Crippen LogP contribution in [0.1, 0.15) is 0 Å². The van der Waals surface area contributed by atoms with Crippen LogP contribution in [-0.4, -0.2) is 8.41 Å². The molecule has 0 unspecified atom stereocenters. The van der Waals surface area contributed by atoms with Crippen molar-refractivity contribution in [3.05, 3.63) is 0 Å². The van der Waals surface area contributed by atoms with Gasteiger partial charge in [-0.1, -0.05) is 0 Å². The molecule has 0 atom stereocenters. The molecule has 0 aliphatic rings. The zero-order chi connectivity index (χ0) is 0. The molecule has 0 saturated carbocycles. The molecule has 0 bridgehead atoms. The molecule has 0 heterocycles. The summed E-state index contributed by atoms with van der Waals surface area (Å²) in [5.41, 5.74) is 0. The Morgan fingerprint density at radius 2 is 1.00 bits per heavy atom. The fourth-order valence-corrected chi connectivity index (χ4v) is 0. The summed E-state index contributed by atoms with van der Waals surface area (Å²) in [6.45, 7) is 0. The van der Waals surface area contributed by atoms with Gasteiger partial charge in [0.2, 0.25) is 0 Å². The van der Waals surface area contributed by atoms with Crippen LogP contribution < -0.4 is 0 Å². The van der Waals surface area contributed by atoms with Gasteiger partial charge in [-0.05, 0) is 0 Å². The first-order chi connectivity index (χ1) is 0. The van der Waals surface area contributed by atoms with Crippen molar-refractivity contribution in [1.29, 1.82) is 0 Å². The maximum atomic E-state index is 0. The van der Waals surface area contributed by atoms with Crippen LogP contribution in [0.15, 0.2) is 0 Å². The molecule has 0 aliphatic carbocycles. The van der Waals surface area contributed by atoms with Gasteiger partial charge in [-0.2, -0.15) is 0 Å². The smallest absolute Gasteiger partial charge is 0 e. The van der Waals surface area contributed by atoms with Crippen LogP contribution in [0.5, 0.6) is 0 Å². The van der Waals surface area contributed by atoms with Crippen molar-refractivity contribution in [1.82, 2.24) is 0 Å². The van der Waals surface area contributed by atoms with Crippen molar-refractivity contribution in [2.24, 2.45) is 0 Å². The van der Waals surface area contributed by atoms with E-state index >= 15 is 0 Å². The standard InChI is InChI=1S/B.Co.Fe.Gd.Nd.Pr.